The van der Waals surface area contributed by atoms with Crippen LogP contribution in [0.2, 0.25) is 0 Å². The topological polar surface area (TPSA) is 21.7 Å². The van der Waals surface area contributed by atoms with Crippen LogP contribution in [0.15, 0.2) is 48.5 Å². The molecule has 19 heavy (non-hydrogen) atoms. The molecule has 0 N–H and O–H groups in total. The van der Waals surface area contributed by atoms with Gasteiger partial charge in [-0.05, 0) is 43.3 Å². The van der Waals surface area contributed by atoms with E-state index in [0.717, 1.165) is 23.7 Å². The molecule has 0 spiro atoms. The molecule has 0 aliphatic carbocycles. The van der Waals surface area contributed by atoms with Crippen molar-refractivity contribution in [2.24, 2.45) is 0 Å². The molecule has 0 aromatic heterocycles. The highest BCUT2D eigenvalue weighted by Gasteiger charge is 2.18. The van der Waals surface area contributed by atoms with Gasteiger partial charge in [-0.2, -0.15) is 0 Å². The van der Waals surface area contributed by atoms with E-state index in [9.17, 15) is 0 Å². The van der Waals surface area contributed by atoms with E-state index in [1.54, 1.807) is 0 Å². The predicted molar refractivity (Wildman–Crippen MR) is 76.6 cm³/mol. The summed E-state index contributed by atoms with van der Waals surface area (Å²) in [6.45, 7) is 4.26. The zero-order valence-corrected chi connectivity index (χ0v) is 11.0. The van der Waals surface area contributed by atoms with Crippen LogP contribution in [0.25, 0.3) is 0 Å². The first-order chi connectivity index (χ1) is 9.38. The third kappa shape index (κ3) is 2.36. The van der Waals surface area contributed by atoms with E-state index < -0.39 is 0 Å². The van der Waals surface area contributed by atoms with Crippen LogP contribution in [0, 0.1) is 0 Å². The molecule has 0 saturated heterocycles. The van der Waals surface area contributed by atoms with Crippen LogP contribution in [0.1, 0.15) is 6.92 Å². The fourth-order valence-corrected chi connectivity index (χ4v) is 2.33. The van der Waals surface area contributed by atoms with E-state index >= 15 is 0 Å². The molecule has 0 saturated carbocycles. The van der Waals surface area contributed by atoms with Gasteiger partial charge in [0.15, 0.2) is 0 Å². The second-order valence-electron chi connectivity index (χ2n) is 4.39. The molecule has 3 nitrogen and oxygen atoms in total. The molecule has 3 heteroatoms. The standard InChI is InChI=1S/C16H17NO2/c1-2-18-14-9-7-13(8-10-14)17-11-12-19-16-6-4-3-5-15(16)17/h3-10H,2,11-12H2,1H3. The summed E-state index contributed by atoms with van der Waals surface area (Å²) in [7, 11) is 0. The number of fused-ring (bicyclic) bond motifs is 1. The minimum absolute atomic E-state index is 0.694. The number of hydrogen-bond donors (Lipinski definition) is 0. The van der Waals surface area contributed by atoms with E-state index in [-0.39, 0.29) is 0 Å². The lowest BCUT2D eigenvalue weighted by Crippen LogP contribution is -2.28. The molecule has 1 aliphatic rings. The Bertz CT molecular complexity index is 551. The Morgan fingerprint density at radius 3 is 2.68 bits per heavy atom. The van der Waals surface area contributed by atoms with Crippen LogP contribution < -0.4 is 14.4 Å². The average Bonchev–Trinajstić information content (AvgIpc) is 2.48. The molecule has 0 bridgehead atoms. The van der Waals surface area contributed by atoms with Crippen molar-refractivity contribution in [2.75, 3.05) is 24.7 Å². The van der Waals surface area contributed by atoms with Crippen LogP contribution in [0.5, 0.6) is 11.5 Å². The largest absolute Gasteiger partial charge is 0.494 e. The molecule has 1 aliphatic heterocycles. The van der Waals surface area contributed by atoms with E-state index in [1.165, 1.54) is 5.69 Å². The molecule has 2 aromatic rings. The van der Waals surface area contributed by atoms with Crippen molar-refractivity contribution in [3.8, 4) is 11.5 Å². The number of nitrogens with zero attached hydrogens (tertiary/aromatic N) is 1. The smallest absolute Gasteiger partial charge is 0.143 e. The Labute approximate surface area is 113 Å². The lowest BCUT2D eigenvalue weighted by atomic mass is 10.2. The summed E-state index contributed by atoms with van der Waals surface area (Å²) in [5.74, 6) is 1.86. The normalized spacial score (nSPS) is 13.6. The SMILES string of the molecule is CCOc1ccc(N2CCOc3ccccc32)cc1. The number of ether oxygens (including phenoxy) is 2. The third-order valence-corrected chi connectivity index (χ3v) is 3.19. The van der Waals surface area contributed by atoms with E-state index in [2.05, 4.69) is 23.1 Å². The summed E-state index contributed by atoms with van der Waals surface area (Å²) in [6, 6.07) is 16.3. The number of para-hydroxylation sites is 2. The Morgan fingerprint density at radius 2 is 1.89 bits per heavy atom. The zero-order chi connectivity index (χ0) is 13.1. The van der Waals surface area contributed by atoms with Gasteiger partial charge in [0.05, 0.1) is 18.8 Å². The maximum atomic E-state index is 5.67. The Hall–Kier alpha value is -2.16. The molecule has 98 valence electrons. The van der Waals surface area contributed by atoms with Crippen LogP contribution >= 0.6 is 0 Å². The highest BCUT2D eigenvalue weighted by atomic mass is 16.5. The minimum Gasteiger partial charge on any atom is -0.494 e. The Kier molecular flexibility index (Phi) is 3.27. The average molecular weight is 255 g/mol. The van der Waals surface area contributed by atoms with Crippen LogP contribution in [0.4, 0.5) is 11.4 Å². The monoisotopic (exact) mass is 255 g/mol. The number of anilines is 2. The maximum Gasteiger partial charge on any atom is 0.143 e. The van der Waals surface area contributed by atoms with Crippen LogP contribution in [-0.2, 0) is 0 Å². The van der Waals surface area contributed by atoms with Crippen molar-refractivity contribution in [1.82, 2.24) is 0 Å². The summed E-state index contributed by atoms with van der Waals surface area (Å²) < 4.78 is 11.1. The van der Waals surface area contributed by atoms with Gasteiger partial charge in [0.25, 0.3) is 0 Å². The molecule has 0 unspecified atom stereocenters. The molecule has 1 heterocycles. The summed E-state index contributed by atoms with van der Waals surface area (Å²) in [5, 5.41) is 0. The Morgan fingerprint density at radius 1 is 1.11 bits per heavy atom. The van der Waals surface area contributed by atoms with Gasteiger partial charge in [-0.1, -0.05) is 12.1 Å². The fourth-order valence-electron chi connectivity index (χ4n) is 2.33. The van der Waals surface area contributed by atoms with Gasteiger partial charge in [0.1, 0.15) is 18.1 Å². The Balaban J connectivity index is 1.90. The van der Waals surface area contributed by atoms with Gasteiger partial charge in [-0.3, -0.25) is 0 Å². The van der Waals surface area contributed by atoms with E-state index in [4.69, 9.17) is 9.47 Å². The molecular weight excluding hydrogens is 238 g/mol. The lowest BCUT2D eigenvalue weighted by Gasteiger charge is -2.31. The van der Waals surface area contributed by atoms with Crippen molar-refractivity contribution < 1.29 is 9.47 Å². The minimum atomic E-state index is 0.694. The molecule has 3 rings (SSSR count). The van der Waals surface area contributed by atoms with E-state index in [0.29, 0.717) is 13.2 Å². The predicted octanol–water partition coefficient (Wildman–Crippen LogP) is 3.62. The van der Waals surface area contributed by atoms with Gasteiger partial charge in [-0.15, -0.1) is 0 Å². The first-order valence-corrected chi connectivity index (χ1v) is 6.60. The number of rotatable bonds is 3. The number of benzene rings is 2. The summed E-state index contributed by atoms with van der Waals surface area (Å²) in [6.07, 6.45) is 0. The van der Waals surface area contributed by atoms with Crippen molar-refractivity contribution >= 4 is 11.4 Å². The second-order valence-corrected chi connectivity index (χ2v) is 4.39. The quantitative estimate of drug-likeness (QED) is 0.836. The maximum absolute atomic E-state index is 5.67. The van der Waals surface area contributed by atoms with Crippen molar-refractivity contribution in [3.05, 3.63) is 48.5 Å². The summed E-state index contributed by atoms with van der Waals surface area (Å²) >= 11 is 0. The second kappa shape index (κ2) is 5.22. The van der Waals surface area contributed by atoms with Crippen LogP contribution in [0.3, 0.4) is 0 Å². The highest BCUT2D eigenvalue weighted by Crippen LogP contribution is 2.36. The fraction of sp³-hybridized carbons (Fsp3) is 0.250. The van der Waals surface area contributed by atoms with Crippen molar-refractivity contribution in [1.29, 1.82) is 0 Å². The molecule has 0 amide bonds. The van der Waals surface area contributed by atoms with Crippen molar-refractivity contribution in [2.45, 2.75) is 6.92 Å². The van der Waals surface area contributed by atoms with Gasteiger partial charge >= 0.3 is 0 Å². The number of hydrogen-bond acceptors (Lipinski definition) is 3. The first-order valence-electron chi connectivity index (χ1n) is 6.60. The van der Waals surface area contributed by atoms with Gasteiger partial charge in [-0.25, -0.2) is 0 Å². The molecule has 0 radical (unpaired) electrons. The molecule has 0 atom stereocenters. The lowest BCUT2D eigenvalue weighted by molar-refractivity contribution is 0.314. The van der Waals surface area contributed by atoms with Gasteiger partial charge in [0, 0.05) is 5.69 Å². The van der Waals surface area contributed by atoms with Crippen molar-refractivity contribution in [3.63, 3.8) is 0 Å². The highest BCUT2D eigenvalue weighted by molar-refractivity contribution is 5.70. The first kappa shape index (κ1) is 11.9. The third-order valence-electron chi connectivity index (χ3n) is 3.19. The van der Waals surface area contributed by atoms with Crippen LogP contribution in [-0.4, -0.2) is 19.8 Å². The van der Waals surface area contributed by atoms with E-state index in [1.807, 2.05) is 37.3 Å². The molecular formula is C16H17NO2. The zero-order valence-electron chi connectivity index (χ0n) is 11.0. The summed E-state index contributed by atoms with van der Waals surface area (Å²) in [4.78, 5) is 2.27. The van der Waals surface area contributed by atoms with Gasteiger partial charge in [0.2, 0.25) is 0 Å². The van der Waals surface area contributed by atoms with Gasteiger partial charge < -0.3 is 14.4 Å². The summed E-state index contributed by atoms with van der Waals surface area (Å²) in [5.41, 5.74) is 2.29. The molecule has 0 fully saturated rings. The molecule has 2 aromatic carbocycles.